The molecule has 6 nitrogen and oxygen atoms in total. The summed E-state index contributed by atoms with van der Waals surface area (Å²) in [6, 6.07) is 18.4. The summed E-state index contributed by atoms with van der Waals surface area (Å²) in [7, 11) is 2.99. The first kappa shape index (κ1) is 22.1. The smallest absolute Gasteiger partial charge is 0.290 e. The quantitative estimate of drug-likeness (QED) is 0.535. The molecule has 0 aliphatic carbocycles. The monoisotopic (exact) mass is 447 g/mol. The van der Waals surface area contributed by atoms with E-state index in [-0.39, 0.29) is 23.2 Å². The lowest BCUT2D eigenvalue weighted by Gasteiger charge is -2.28. The predicted octanol–water partition coefficient (Wildman–Crippen LogP) is 4.62. The van der Waals surface area contributed by atoms with E-state index in [1.54, 1.807) is 66.7 Å². The fourth-order valence-corrected chi connectivity index (χ4v) is 3.97. The lowest BCUT2D eigenvalue weighted by atomic mass is 9.92. The number of para-hydroxylation sites is 1. The molecule has 1 aliphatic heterocycles. The highest BCUT2D eigenvalue weighted by molar-refractivity contribution is 6.16. The molecule has 33 heavy (non-hydrogen) atoms. The SMILES string of the molecule is COc1ccc(C(=O)C2=C(O)C(=O)N(Cc3ccccc3F)C2c2ccccc2OC)cc1. The number of carbonyl (C=O) groups excluding carboxylic acids is 2. The van der Waals surface area contributed by atoms with Gasteiger partial charge in [0.1, 0.15) is 17.3 Å². The third-order valence-corrected chi connectivity index (χ3v) is 5.63. The summed E-state index contributed by atoms with van der Waals surface area (Å²) >= 11 is 0. The molecule has 4 rings (SSSR count). The first-order valence-electron chi connectivity index (χ1n) is 10.3. The normalized spacial score (nSPS) is 15.7. The van der Waals surface area contributed by atoms with E-state index in [0.717, 1.165) is 0 Å². The number of hydrogen-bond acceptors (Lipinski definition) is 5. The van der Waals surface area contributed by atoms with Crippen LogP contribution in [0.15, 0.2) is 84.1 Å². The Kier molecular flexibility index (Phi) is 6.13. The van der Waals surface area contributed by atoms with Crippen LogP contribution in [0.4, 0.5) is 4.39 Å². The van der Waals surface area contributed by atoms with Gasteiger partial charge in [0.05, 0.1) is 25.8 Å². The van der Waals surface area contributed by atoms with E-state index in [1.165, 1.54) is 25.2 Å². The lowest BCUT2D eigenvalue weighted by Crippen LogP contribution is -2.31. The molecule has 168 valence electrons. The van der Waals surface area contributed by atoms with Crippen molar-refractivity contribution in [3.63, 3.8) is 0 Å². The first-order valence-corrected chi connectivity index (χ1v) is 10.3. The zero-order valence-electron chi connectivity index (χ0n) is 18.1. The fraction of sp³-hybridized carbons (Fsp3) is 0.154. The van der Waals surface area contributed by atoms with Crippen LogP contribution >= 0.6 is 0 Å². The molecule has 1 aliphatic rings. The second-order valence-electron chi connectivity index (χ2n) is 7.49. The average Bonchev–Trinajstić information content (AvgIpc) is 3.09. The number of ether oxygens (including phenoxy) is 2. The van der Waals surface area contributed by atoms with Gasteiger partial charge in [0.2, 0.25) is 0 Å². The number of rotatable bonds is 7. The molecule has 0 aromatic heterocycles. The van der Waals surface area contributed by atoms with Gasteiger partial charge in [-0.2, -0.15) is 0 Å². The Balaban J connectivity index is 1.83. The zero-order valence-corrected chi connectivity index (χ0v) is 18.1. The second-order valence-corrected chi connectivity index (χ2v) is 7.49. The van der Waals surface area contributed by atoms with Crippen molar-refractivity contribution < 1.29 is 28.6 Å². The number of nitrogens with zero attached hydrogens (tertiary/aromatic N) is 1. The molecule has 1 heterocycles. The summed E-state index contributed by atoms with van der Waals surface area (Å²) in [5, 5.41) is 10.8. The van der Waals surface area contributed by atoms with E-state index < -0.39 is 29.3 Å². The largest absolute Gasteiger partial charge is 0.503 e. The maximum absolute atomic E-state index is 14.4. The Bertz CT molecular complexity index is 1240. The van der Waals surface area contributed by atoms with Crippen LogP contribution in [0.25, 0.3) is 0 Å². The second kappa shape index (κ2) is 9.16. The van der Waals surface area contributed by atoms with Gasteiger partial charge in [-0.05, 0) is 36.4 Å². The van der Waals surface area contributed by atoms with Crippen LogP contribution < -0.4 is 9.47 Å². The maximum Gasteiger partial charge on any atom is 0.290 e. The van der Waals surface area contributed by atoms with E-state index in [4.69, 9.17) is 9.47 Å². The Morgan fingerprint density at radius 2 is 1.64 bits per heavy atom. The van der Waals surface area contributed by atoms with Crippen molar-refractivity contribution in [1.29, 1.82) is 0 Å². The van der Waals surface area contributed by atoms with Crippen molar-refractivity contribution >= 4 is 11.7 Å². The minimum Gasteiger partial charge on any atom is -0.503 e. The molecule has 0 fully saturated rings. The van der Waals surface area contributed by atoms with Crippen LogP contribution in [0.1, 0.15) is 27.5 Å². The minimum atomic E-state index is -0.970. The highest BCUT2D eigenvalue weighted by atomic mass is 19.1. The van der Waals surface area contributed by atoms with Gasteiger partial charge >= 0.3 is 0 Å². The molecule has 0 saturated heterocycles. The average molecular weight is 447 g/mol. The summed E-state index contributed by atoms with van der Waals surface area (Å²) in [6.07, 6.45) is 0. The van der Waals surface area contributed by atoms with Crippen LogP contribution in [-0.2, 0) is 11.3 Å². The molecule has 7 heteroatoms. The van der Waals surface area contributed by atoms with Crippen LogP contribution in [0.2, 0.25) is 0 Å². The van der Waals surface area contributed by atoms with E-state index >= 15 is 0 Å². The molecule has 1 amide bonds. The summed E-state index contributed by atoms with van der Waals surface area (Å²) < 4.78 is 25.0. The Hall–Kier alpha value is -4.13. The van der Waals surface area contributed by atoms with Gasteiger partial charge in [-0.15, -0.1) is 0 Å². The van der Waals surface area contributed by atoms with E-state index in [1.807, 2.05) is 0 Å². The van der Waals surface area contributed by atoms with Gasteiger partial charge in [0.15, 0.2) is 11.5 Å². The molecule has 0 radical (unpaired) electrons. The van der Waals surface area contributed by atoms with E-state index in [2.05, 4.69) is 0 Å². The van der Waals surface area contributed by atoms with Gasteiger partial charge in [0, 0.05) is 23.2 Å². The van der Waals surface area contributed by atoms with Gasteiger partial charge in [-0.25, -0.2) is 4.39 Å². The predicted molar refractivity (Wildman–Crippen MR) is 120 cm³/mol. The molecule has 0 spiro atoms. The van der Waals surface area contributed by atoms with Crippen LogP contribution in [0.3, 0.4) is 0 Å². The number of ketones is 1. The van der Waals surface area contributed by atoms with Gasteiger partial charge in [0.25, 0.3) is 5.91 Å². The van der Waals surface area contributed by atoms with Gasteiger partial charge in [-0.1, -0.05) is 36.4 Å². The summed E-state index contributed by atoms with van der Waals surface area (Å²) in [5.74, 6) is -1.43. The number of carbonyl (C=O) groups is 2. The standard InChI is InChI=1S/C26H22FNO5/c1-32-18-13-11-16(12-14-18)24(29)22-23(19-8-4-6-10-21(19)33-2)28(26(31)25(22)30)15-17-7-3-5-9-20(17)27/h3-14,23,30H,15H2,1-2H3. The molecule has 0 saturated carbocycles. The van der Waals surface area contributed by atoms with Crippen molar-refractivity contribution in [2.45, 2.75) is 12.6 Å². The molecule has 0 bridgehead atoms. The topological polar surface area (TPSA) is 76.1 Å². The van der Waals surface area contributed by atoms with Crippen LogP contribution in [0, 0.1) is 5.82 Å². The lowest BCUT2D eigenvalue weighted by molar-refractivity contribution is -0.130. The van der Waals surface area contributed by atoms with Crippen molar-refractivity contribution in [2.75, 3.05) is 14.2 Å². The molecule has 1 unspecified atom stereocenters. The van der Waals surface area contributed by atoms with Gasteiger partial charge in [-0.3, -0.25) is 9.59 Å². The van der Waals surface area contributed by atoms with Crippen molar-refractivity contribution in [3.8, 4) is 11.5 Å². The first-order chi connectivity index (χ1) is 16.0. The fourth-order valence-electron chi connectivity index (χ4n) is 3.97. The van der Waals surface area contributed by atoms with Crippen molar-refractivity contribution in [1.82, 2.24) is 4.90 Å². The number of benzene rings is 3. The third-order valence-electron chi connectivity index (χ3n) is 5.63. The van der Waals surface area contributed by atoms with E-state index in [9.17, 15) is 19.1 Å². The van der Waals surface area contributed by atoms with Gasteiger partial charge < -0.3 is 19.5 Å². The Morgan fingerprint density at radius 1 is 0.970 bits per heavy atom. The number of aliphatic hydroxyl groups excluding tert-OH is 1. The summed E-state index contributed by atoms with van der Waals surface area (Å²) in [6.45, 7) is -0.141. The van der Waals surface area contributed by atoms with Crippen molar-refractivity contribution in [3.05, 3.63) is 107 Å². The number of amides is 1. The molecule has 3 aromatic rings. The third kappa shape index (κ3) is 4.05. The zero-order chi connectivity index (χ0) is 23.5. The number of Topliss-reactive ketones (excluding diaryl/α,β-unsaturated/α-hetero) is 1. The van der Waals surface area contributed by atoms with Crippen LogP contribution in [0.5, 0.6) is 11.5 Å². The number of methoxy groups -OCH3 is 2. The highest BCUT2D eigenvalue weighted by Crippen LogP contribution is 2.43. The number of aliphatic hydroxyl groups is 1. The molecule has 3 aromatic carbocycles. The maximum atomic E-state index is 14.4. The van der Waals surface area contributed by atoms with Crippen molar-refractivity contribution in [2.24, 2.45) is 0 Å². The molecule has 1 atom stereocenters. The number of halogens is 1. The highest BCUT2D eigenvalue weighted by Gasteiger charge is 2.45. The summed E-state index contributed by atoms with van der Waals surface area (Å²) in [5.41, 5.74) is 0.950. The summed E-state index contributed by atoms with van der Waals surface area (Å²) in [4.78, 5) is 27.9. The Morgan fingerprint density at radius 3 is 2.30 bits per heavy atom. The minimum absolute atomic E-state index is 0.0917. The van der Waals surface area contributed by atoms with E-state index in [0.29, 0.717) is 17.1 Å². The number of hydrogen-bond donors (Lipinski definition) is 1. The van der Waals surface area contributed by atoms with Crippen LogP contribution in [-0.4, -0.2) is 35.9 Å². The molecular weight excluding hydrogens is 425 g/mol. The Labute approximate surface area is 190 Å². The molecular formula is C26H22FNO5. The molecule has 1 N–H and O–H groups in total.